The standard InChI is InChI=1S/C20H42O3Si2/c1-19(2,3)24(7,8)22-17-13-16(11-12-21)14-18(15-17)23-25(9,10)20(4,5)6/h11,17-18,21H,12-15H2,1-10H3/t17-,18-/m1/s1/i13D/b16-11+/t13-,17-,18-. The molecule has 1 saturated carbocycles. The van der Waals surface area contributed by atoms with Gasteiger partial charge in [0.2, 0.25) is 0 Å². The molecule has 0 unspecified atom stereocenters. The van der Waals surface area contributed by atoms with Crippen molar-refractivity contribution in [3.05, 3.63) is 11.6 Å². The monoisotopic (exact) mass is 387 g/mol. The Balaban J connectivity index is 3.06. The van der Waals surface area contributed by atoms with E-state index in [1.165, 1.54) is 0 Å². The van der Waals surface area contributed by atoms with Crippen molar-refractivity contribution in [3.63, 3.8) is 0 Å². The number of rotatable bonds is 5. The fourth-order valence-electron chi connectivity index (χ4n) is 2.57. The molecule has 1 aliphatic carbocycles. The smallest absolute Gasteiger partial charge is 0.192 e. The van der Waals surface area contributed by atoms with Crippen LogP contribution in [0.4, 0.5) is 0 Å². The molecule has 0 amide bonds. The molecule has 0 spiro atoms. The Bertz CT molecular complexity index is 504. The van der Waals surface area contributed by atoms with Crippen molar-refractivity contribution >= 4 is 16.6 Å². The molecular weight excluding hydrogens is 344 g/mol. The van der Waals surface area contributed by atoms with E-state index < -0.39 is 23.0 Å². The molecule has 25 heavy (non-hydrogen) atoms. The highest BCUT2D eigenvalue weighted by molar-refractivity contribution is 6.74. The van der Waals surface area contributed by atoms with Crippen LogP contribution >= 0.6 is 0 Å². The van der Waals surface area contributed by atoms with Crippen molar-refractivity contribution in [2.24, 2.45) is 0 Å². The summed E-state index contributed by atoms with van der Waals surface area (Å²) in [4.78, 5) is 0. The van der Waals surface area contributed by atoms with Gasteiger partial charge in [0.15, 0.2) is 16.6 Å². The zero-order chi connectivity index (χ0) is 20.6. The van der Waals surface area contributed by atoms with Crippen molar-refractivity contribution in [1.82, 2.24) is 0 Å². The molecule has 1 aliphatic rings. The van der Waals surface area contributed by atoms with E-state index in [1.807, 2.05) is 0 Å². The van der Waals surface area contributed by atoms with E-state index in [4.69, 9.17) is 10.2 Å². The van der Waals surface area contributed by atoms with Crippen molar-refractivity contribution in [3.8, 4) is 0 Å². The molecule has 0 aromatic rings. The van der Waals surface area contributed by atoms with Crippen LogP contribution in [0.1, 0.15) is 62.2 Å². The van der Waals surface area contributed by atoms with Gasteiger partial charge in [-0.1, -0.05) is 53.2 Å². The molecule has 0 aromatic heterocycles. The lowest BCUT2D eigenvalue weighted by molar-refractivity contribution is 0.0722. The second kappa shape index (κ2) is 7.97. The average Bonchev–Trinajstić information content (AvgIpc) is 2.40. The molecule has 0 aromatic carbocycles. The Hall–Kier alpha value is 0.0538. The normalized spacial score (nSPS) is 29.0. The van der Waals surface area contributed by atoms with Gasteiger partial charge in [-0.15, -0.1) is 0 Å². The number of aliphatic hydroxyl groups is 1. The molecule has 1 rings (SSSR count). The zero-order valence-corrected chi connectivity index (χ0v) is 20.2. The highest BCUT2D eigenvalue weighted by Crippen LogP contribution is 2.42. The van der Waals surface area contributed by atoms with Crippen LogP contribution < -0.4 is 0 Å². The fourth-order valence-corrected chi connectivity index (χ4v) is 5.21. The van der Waals surface area contributed by atoms with Crippen LogP contribution in [0.15, 0.2) is 11.6 Å². The Morgan fingerprint density at radius 3 is 1.84 bits per heavy atom. The maximum Gasteiger partial charge on any atom is 0.192 e. The van der Waals surface area contributed by atoms with Crippen LogP contribution in [0.5, 0.6) is 0 Å². The summed E-state index contributed by atoms with van der Waals surface area (Å²) in [7, 11) is -3.85. The van der Waals surface area contributed by atoms with E-state index in [-0.39, 0.29) is 28.9 Å². The summed E-state index contributed by atoms with van der Waals surface area (Å²) < 4.78 is 22.0. The van der Waals surface area contributed by atoms with Crippen LogP contribution in [0, 0.1) is 0 Å². The van der Waals surface area contributed by atoms with E-state index in [9.17, 15) is 5.11 Å². The second-order valence-corrected chi connectivity index (χ2v) is 20.0. The summed E-state index contributed by atoms with van der Waals surface area (Å²) >= 11 is 0. The van der Waals surface area contributed by atoms with Gasteiger partial charge in [-0.2, -0.15) is 0 Å². The van der Waals surface area contributed by atoms with Crippen LogP contribution in [0.25, 0.3) is 0 Å². The highest BCUT2D eigenvalue weighted by atomic mass is 28.4. The van der Waals surface area contributed by atoms with Gasteiger partial charge in [-0.3, -0.25) is 0 Å². The van der Waals surface area contributed by atoms with Gasteiger partial charge >= 0.3 is 0 Å². The van der Waals surface area contributed by atoms with Crippen molar-refractivity contribution in [1.29, 1.82) is 0 Å². The van der Waals surface area contributed by atoms with Crippen LogP contribution in [-0.2, 0) is 8.85 Å². The van der Waals surface area contributed by atoms with E-state index in [2.05, 4.69) is 67.7 Å². The van der Waals surface area contributed by atoms with Crippen LogP contribution in [-0.4, -0.2) is 40.6 Å². The topological polar surface area (TPSA) is 38.7 Å². The first-order valence-corrected chi connectivity index (χ1v) is 15.4. The number of hydrogen-bond donors (Lipinski definition) is 1. The summed E-state index contributed by atoms with van der Waals surface area (Å²) in [5.74, 6) is 0. The third kappa shape index (κ3) is 6.31. The Kier molecular flexibility index (Phi) is 6.81. The Morgan fingerprint density at radius 2 is 1.44 bits per heavy atom. The predicted octanol–water partition coefficient (Wildman–Crippen LogP) is 5.87. The van der Waals surface area contributed by atoms with Gasteiger partial charge in [0.1, 0.15) is 0 Å². The zero-order valence-electron chi connectivity index (χ0n) is 19.2. The van der Waals surface area contributed by atoms with Crippen molar-refractivity contribution < 1.29 is 15.3 Å². The average molecular weight is 388 g/mol. The quantitative estimate of drug-likeness (QED) is 0.473. The van der Waals surface area contributed by atoms with Gasteiger partial charge in [-0.05, 0) is 55.5 Å². The van der Waals surface area contributed by atoms with E-state index in [0.717, 1.165) is 18.4 Å². The molecule has 0 radical (unpaired) electrons. The van der Waals surface area contributed by atoms with E-state index in [1.54, 1.807) is 6.08 Å². The summed E-state index contributed by atoms with van der Waals surface area (Å²) in [5.41, 5.74) is 0.964. The van der Waals surface area contributed by atoms with Crippen LogP contribution in [0.2, 0.25) is 36.3 Å². The third-order valence-corrected chi connectivity index (χ3v) is 15.3. The summed E-state index contributed by atoms with van der Waals surface area (Å²) in [6.07, 6.45) is 2.81. The van der Waals surface area contributed by atoms with Gasteiger partial charge < -0.3 is 14.0 Å². The molecule has 0 aliphatic heterocycles. The second-order valence-electron chi connectivity index (χ2n) is 10.5. The van der Waals surface area contributed by atoms with E-state index in [0.29, 0.717) is 0 Å². The molecule has 1 N–H and O–H groups in total. The molecule has 0 saturated heterocycles. The molecular formula is C20H42O3Si2. The highest BCUT2D eigenvalue weighted by Gasteiger charge is 2.43. The first-order chi connectivity index (χ1) is 11.5. The van der Waals surface area contributed by atoms with Gasteiger partial charge in [-0.25, -0.2) is 0 Å². The summed E-state index contributed by atoms with van der Waals surface area (Å²) in [6.45, 7) is 22.5. The van der Waals surface area contributed by atoms with Gasteiger partial charge in [0, 0.05) is 1.37 Å². The largest absolute Gasteiger partial charge is 0.414 e. The minimum Gasteiger partial charge on any atom is -0.414 e. The van der Waals surface area contributed by atoms with Crippen molar-refractivity contribution in [2.45, 2.75) is 109 Å². The minimum atomic E-state index is -1.97. The van der Waals surface area contributed by atoms with Gasteiger partial charge in [0.25, 0.3) is 0 Å². The third-order valence-electron chi connectivity index (χ3n) is 6.23. The lowest BCUT2D eigenvalue weighted by Crippen LogP contribution is -2.48. The number of aliphatic hydroxyl groups excluding tert-OH is 1. The molecule has 148 valence electrons. The first-order valence-electron chi connectivity index (χ1n) is 10.2. The molecule has 3 nitrogen and oxygen atoms in total. The Labute approximate surface area is 159 Å². The van der Waals surface area contributed by atoms with Crippen molar-refractivity contribution in [2.75, 3.05) is 6.61 Å². The van der Waals surface area contributed by atoms with E-state index >= 15 is 0 Å². The molecule has 0 heterocycles. The van der Waals surface area contributed by atoms with Crippen LogP contribution in [0.3, 0.4) is 0 Å². The SMILES string of the molecule is [2H][C@@H]1/C(=C\CO)C[C@@H](O[Si](C)(C)C(C)(C)C)C[C@@H]1O[Si](C)(C)C(C)(C)C. The fraction of sp³-hybridized carbons (Fsp3) is 0.900. The summed E-state index contributed by atoms with van der Waals surface area (Å²) in [6, 6.07) is 0. The maximum atomic E-state index is 9.41. The maximum absolute atomic E-state index is 9.41. The molecule has 3 atom stereocenters. The molecule has 1 fully saturated rings. The van der Waals surface area contributed by atoms with Gasteiger partial charge in [0.05, 0.1) is 18.8 Å². The first kappa shape index (κ1) is 21.4. The molecule has 0 bridgehead atoms. The predicted molar refractivity (Wildman–Crippen MR) is 113 cm³/mol. The summed E-state index contributed by atoms with van der Waals surface area (Å²) in [5, 5.41) is 9.67. The molecule has 5 heteroatoms. The lowest BCUT2D eigenvalue weighted by atomic mass is 9.90. The number of hydrogen-bond acceptors (Lipinski definition) is 3. The minimum absolute atomic E-state index is 0.0235. The Morgan fingerprint density at radius 1 is 1.00 bits per heavy atom. The lowest BCUT2D eigenvalue weighted by Gasteiger charge is -2.45.